The number of rotatable bonds is 12. The Morgan fingerprint density at radius 3 is 2.79 bits per heavy atom. The van der Waals surface area contributed by atoms with E-state index < -0.39 is 17.0 Å². The summed E-state index contributed by atoms with van der Waals surface area (Å²) in [6.45, 7) is 2.26. The topological polar surface area (TPSA) is 102 Å². The molecule has 3 aromatic carbocycles. The van der Waals surface area contributed by atoms with Gasteiger partial charge in [-0.15, -0.1) is 12.3 Å². The lowest BCUT2D eigenvalue weighted by atomic mass is 9.75. The lowest BCUT2D eigenvalue weighted by Crippen LogP contribution is -2.24. The van der Waals surface area contributed by atoms with Crippen molar-refractivity contribution in [3.63, 3.8) is 0 Å². The third kappa shape index (κ3) is 6.43. The molecule has 0 spiro atoms. The molecule has 2 heterocycles. The first-order valence-electron chi connectivity index (χ1n) is 13.9. The van der Waals surface area contributed by atoms with Crippen LogP contribution in [0.2, 0.25) is 0 Å². The number of hydrogen-bond acceptors (Lipinski definition) is 3. The molecule has 0 fully saturated rings. The van der Waals surface area contributed by atoms with Gasteiger partial charge in [-0.1, -0.05) is 39.6 Å². The van der Waals surface area contributed by atoms with Gasteiger partial charge < -0.3 is 14.7 Å². The molecule has 2 aromatic heterocycles. The Kier molecular flexibility index (Phi) is 9.15. The Hall–Kier alpha value is -4.58. The van der Waals surface area contributed by atoms with Crippen molar-refractivity contribution in [3.05, 3.63) is 110 Å². The number of terminal acetylenes is 1. The van der Waals surface area contributed by atoms with Crippen LogP contribution in [0.4, 0.5) is 8.78 Å². The summed E-state index contributed by atoms with van der Waals surface area (Å²) in [6, 6.07) is 15.5. The normalized spacial score (nSPS) is 12.4. The highest BCUT2D eigenvalue weighted by Crippen LogP contribution is 2.39. The molecule has 10 heteroatoms. The van der Waals surface area contributed by atoms with Crippen LogP contribution in [0.15, 0.2) is 76.6 Å². The second kappa shape index (κ2) is 13.2. The molecule has 0 aliphatic carbocycles. The fourth-order valence-electron chi connectivity index (χ4n) is 5.37. The molecular weight excluding hydrogens is 614 g/mol. The average Bonchev–Trinajstić information content (AvgIpc) is 3.68. The Labute approximate surface area is 256 Å². The standard InChI is InChI=1S/C33H29BrF2N6O/c1-3-4-5-6-14-33(2,21-8-7-9-22(34)17-21)30-20-39-32(41-30)26-18-23(10-11-27(26)35)43-31-25(13-16-40-42-37)24-12-15-38-29(24)19-28(31)36/h1,7-12,15,17-20,38H,4-6,13-14,16H2,2H3,(H,39,41). The van der Waals surface area contributed by atoms with Crippen LogP contribution >= 0.6 is 15.9 Å². The van der Waals surface area contributed by atoms with Crippen molar-refractivity contribution in [2.75, 3.05) is 6.54 Å². The SMILES string of the molecule is C#CCCCCC(C)(c1cccc(Br)c1)c1cnc(-c2cc(Oc3c(F)cc4[nH]ccc4c3CCN=[N+]=[N-])ccc2F)[nH]1. The van der Waals surface area contributed by atoms with Gasteiger partial charge in [0.05, 0.1) is 5.56 Å². The maximum Gasteiger partial charge on any atom is 0.168 e. The number of nitrogens with zero attached hydrogens (tertiary/aromatic N) is 4. The summed E-state index contributed by atoms with van der Waals surface area (Å²) >= 11 is 3.58. The highest BCUT2D eigenvalue weighted by atomic mass is 79.9. The quantitative estimate of drug-likeness (QED) is 0.0465. The molecule has 0 aliphatic heterocycles. The number of aromatic nitrogens is 3. The molecule has 0 saturated carbocycles. The minimum Gasteiger partial charge on any atom is -0.454 e. The van der Waals surface area contributed by atoms with Crippen LogP contribution in [-0.2, 0) is 11.8 Å². The molecule has 218 valence electrons. The van der Waals surface area contributed by atoms with Crippen LogP contribution in [0, 0.1) is 24.0 Å². The average molecular weight is 644 g/mol. The molecule has 0 radical (unpaired) electrons. The van der Waals surface area contributed by atoms with Gasteiger partial charge in [-0.05, 0) is 73.7 Å². The van der Waals surface area contributed by atoms with Gasteiger partial charge >= 0.3 is 0 Å². The van der Waals surface area contributed by atoms with Gasteiger partial charge in [-0.3, -0.25) is 0 Å². The van der Waals surface area contributed by atoms with Crippen molar-refractivity contribution in [1.82, 2.24) is 15.0 Å². The van der Waals surface area contributed by atoms with Gasteiger partial charge in [0.25, 0.3) is 0 Å². The van der Waals surface area contributed by atoms with Crippen LogP contribution in [-0.4, -0.2) is 21.5 Å². The summed E-state index contributed by atoms with van der Waals surface area (Å²) in [4.78, 5) is 13.7. The predicted molar refractivity (Wildman–Crippen MR) is 168 cm³/mol. The lowest BCUT2D eigenvalue weighted by molar-refractivity contribution is 0.437. The first-order valence-corrected chi connectivity index (χ1v) is 14.7. The number of halogens is 3. The molecule has 7 nitrogen and oxygen atoms in total. The third-order valence-corrected chi connectivity index (χ3v) is 8.18. The van der Waals surface area contributed by atoms with E-state index in [0.29, 0.717) is 23.3 Å². The van der Waals surface area contributed by atoms with Crippen LogP contribution in [0.25, 0.3) is 32.7 Å². The number of fused-ring (bicyclic) bond motifs is 1. The number of unbranched alkanes of at least 4 members (excludes halogenated alkanes) is 2. The predicted octanol–water partition coefficient (Wildman–Crippen LogP) is 9.74. The first-order chi connectivity index (χ1) is 20.8. The van der Waals surface area contributed by atoms with E-state index in [1.54, 1.807) is 12.4 Å². The van der Waals surface area contributed by atoms with E-state index in [9.17, 15) is 0 Å². The zero-order valence-corrected chi connectivity index (χ0v) is 25.1. The van der Waals surface area contributed by atoms with E-state index in [1.807, 2.05) is 18.2 Å². The zero-order chi connectivity index (χ0) is 30.4. The molecule has 0 bridgehead atoms. The molecule has 1 atom stereocenters. The van der Waals surface area contributed by atoms with Crippen molar-refractivity contribution in [2.45, 2.75) is 44.4 Å². The van der Waals surface area contributed by atoms with Crippen LogP contribution in [0.1, 0.15) is 49.4 Å². The van der Waals surface area contributed by atoms with Crippen molar-refractivity contribution in [2.24, 2.45) is 5.11 Å². The second-order valence-corrected chi connectivity index (χ2v) is 11.4. The largest absolute Gasteiger partial charge is 0.454 e. The van der Waals surface area contributed by atoms with Gasteiger partial charge in [0.15, 0.2) is 11.6 Å². The van der Waals surface area contributed by atoms with Crippen molar-refractivity contribution in [1.29, 1.82) is 0 Å². The highest BCUT2D eigenvalue weighted by Gasteiger charge is 2.31. The summed E-state index contributed by atoms with van der Waals surface area (Å²) in [5.41, 5.74) is 11.5. The van der Waals surface area contributed by atoms with Gasteiger partial charge in [0.1, 0.15) is 17.4 Å². The van der Waals surface area contributed by atoms with Gasteiger partial charge in [-0.2, -0.15) is 0 Å². The summed E-state index contributed by atoms with van der Waals surface area (Å²) in [7, 11) is 0. The fraction of sp³-hybridized carbons (Fsp3) is 0.242. The number of aromatic amines is 2. The third-order valence-electron chi connectivity index (χ3n) is 7.68. The molecule has 5 rings (SSSR count). The molecule has 1 unspecified atom stereocenters. The minimum atomic E-state index is -0.591. The van der Waals surface area contributed by atoms with Crippen molar-refractivity contribution in [3.8, 4) is 35.2 Å². The number of ether oxygens (including phenoxy) is 1. The first kappa shape index (κ1) is 29.9. The van der Waals surface area contributed by atoms with Gasteiger partial charge in [0.2, 0.25) is 0 Å². The van der Waals surface area contributed by atoms with Crippen molar-refractivity contribution >= 4 is 26.8 Å². The molecule has 5 aromatic rings. The molecule has 0 aliphatic rings. The van der Waals surface area contributed by atoms with E-state index in [1.165, 1.54) is 24.3 Å². The van der Waals surface area contributed by atoms with E-state index in [-0.39, 0.29) is 30.0 Å². The molecule has 2 N–H and O–H groups in total. The van der Waals surface area contributed by atoms with Crippen molar-refractivity contribution < 1.29 is 13.5 Å². The number of nitrogens with one attached hydrogen (secondary N) is 2. The summed E-state index contributed by atoms with van der Waals surface area (Å²) in [5, 5.41) is 4.34. The highest BCUT2D eigenvalue weighted by molar-refractivity contribution is 9.10. The van der Waals surface area contributed by atoms with Crippen LogP contribution in [0.5, 0.6) is 11.5 Å². The molecule has 0 saturated heterocycles. The Balaban J connectivity index is 1.50. The van der Waals surface area contributed by atoms with E-state index in [0.717, 1.165) is 40.4 Å². The van der Waals surface area contributed by atoms with Crippen LogP contribution in [0.3, 0.4) is 0 Å². The minimum absolute atomic E-state index is 0.00729. The monoisotopic (exact) mass is 642 g/mol. The van der Waals surface area contributed by atoms with E-state index >= 15 is 8.78 Å². The maximum absolute atomic E-state index is 15.3. The van der Waals surface area contributed by atoms with Gasteiger partial charge in [-0.25, -0.2) is 13.8 Å². The number of H-pyrrole nitrogens is 2. The Bertz CT molecular complexity index is 1850. The molecule has 43 heavy (non-hydrogen) atoms. The zero-order valence-electron chi connectivity index (χ0n) is 23.5. The number of imidazole rings is 1. The number of benzene rings is 3. The van der Waals surface area contributed by atoms with E-state index in [2.05, 4.69) is 65.9 Å². The number of hydrogen-bond donors (Lipinski definition) is 2. The Morgan fingerprint density at radius 1 is 1.14 bits per heavy atom. The van der Waals surface area contributed by atoms with Crippen LogP contribution < -0.4 is 4.74 Å². The summed E-state index contributed by atoms with van der Waals surface area (Å²) < 4.78 is 37.5. The molecule has 0 amide bonds. The van der Waals surface area contributed by atoms with Gasteiger partial charge in [0, 0.05) is 68.4 Å². The maximum atomic E-state index is 15.3. The summed E-state index contributed by atoms with van der Waals surface area (Å²) in [6.07, 6.45) is 12.5. The molecular formula is C33H29BrF2N6O. The lowest BCUT2D eigenvalue weighted by Gasteiger charge is -2.29. The smallest absolute Gasteiger partial charge is 0.168 e. The Morgan fingerprint density at radius 2 is 2.00 bits per heavy atom. The second-order valence-electron chi connectivity index (χ2n) is 10.5. The summed E-state index contributed by atoms with van der Waals surface area (Å²) in [5.74, 6) is 2.16. The van der Waals surface area contributed by atoms with E-state index in [4.69, 9.17) is 16.7 Å². The fourth-order valence-corrected chi connectivity index (χ4v) is 5.77. The number of azide groups is 1.